The number of amides is 1. The fourth-order valence-corrected chi connectivity index (χ4v) is 4.42. The van der Waals surface area contributed by atoms with Gasteiger partial charge in [-0.25, -0.2) is 4.98 Å². The van der Waals surface area contributed by atoms with Crippen LogP contribution in [0.25, 0.3) is 10.2 Å². The zero-order valence-corrected chi connectivity index (χ0v) is 17.8. The average Bonchev–Trinajstić information content (AvgIpc) is 3.29. The number of rotatable bonds is 5. The average molecular weight is 406 g/mol. The number of nitrogens with zero attached hydrogens (tertiary/aromatic N) is 5. The van der Waals surface area contributed by atoms with Crippen LogP contribution in [-0.2, 0) is 13.6 Å². The van der Waals surface area contributed by atoms with Crippen molar-refractivity contribution in [3.63, 3.8) is 0 Å². The van der Waals surface area contributed by atoms with Crippen LogP contribution in [0.1, 0.15) is 46.9 Å². The molecule has 4 aromatic rings. The lowest BCUT2D eigenvalue weighted by molar-refractivity contribution is 0.0975. The van der Waals surface area contributed by atoms with Gasteiger partial charge in [0.05, 0.1) is 23.0 Å². The van der Waals surface area contributed by atoms with Gasteiger partial charge in [0.1, 0.15) is 5.69 Å². The maximum absolute atomic E-state index is 13.6. The molecule has 6 nitrogen and oxygen atoms in total. The summed E-state index contributed by atoms with van der Waals surface area (Å²) in [5, 5.41) is 4.92. The Hall–Kier alpha value is -3.06. The van der Waals surface area contributed by atoms with E-state index in [2.05, 4.69) is 42.1 Å². The Morgan fingerprint density at radius 3 is 2.69 bits per heavy atom. The molecule has 29 heavy (non-hydrogen) atoms. The first-order valence-corrected chi connectivity index (χ1v) is 10.4. The molecule has 0 N–H and O–H groups in total. The summed E-state index contributed by atoms with van der Waals surface area (Å²) >= 11 is 1.54. The van der Waals surface area contributed by atoms with Crippen molar-refractivity contribution in [2.24, 2.45) is 7.05 Å². The Kier molecular flexibility index (Phi) is 5.15. The van der Waals surface area contributed by atoms with Crippen molar-refractivity contribution >= 4 is 32.6 Å². The van der Waals surface area contributed by atoms with Gasteiger partial charge in [-0.3, -0.25) is 19.4 Å². The van der Waals surface area contributed by atoms with E-state index < -0.39 is 0 Å². The van der Waals surface area contributed by atoms with Crippen molar-refractivity contribution in [2.45, 2.75) is 33.2 Å². The molecule has 0 radical (unpaired) electrons. The number of fused-ring (bicyclic) bond motifs is 1. The third kappa shape index (κ3) is 3.65. The summed E-state index contributed by atoms with van der Waals surface area (Å²) < 4.78 is 2.71. The van der Waals surface area contributed by atoms with Gasteiger partial charge in [0, 0.05) is 19.4 Å². The van der Waals surface area contributed by atoms with Crippen LogP contribution in [0.5, 0.6) is 0 Å². The molecule has 4 rings (SSSR count). The van der Waals surface area contributed by atoms with Crippen molar-refractivity contribution < 1.29 is 4.79 Å². The number of hydrogen-bond acceptors (Lipinski definition) is 5. The number of para-hydroxylation sites is 1. The third-order valence-corrected chi connectivity index (χ3v) is 5.97. The van der Waals surface area contributed by atoms with Gasteiger partial charge in [-0.2, -0.15) is 5.10 Å². The van der Waals surface area contributed by atoms with Crippen molar-refractivity contribution in [2.75, 3.05) is 4.90 Å². The minimum atomic E-state index is -0.114. The number of benzene rings is 1. The smallest absolute Gasteiger partial charge is 0.278 e. The number of aryl methyl sites for hydroxylation is 2. The molecule has 0 saturated carbocycles. The van der Waals surface area contributed by atoms with Crippen LogP contribution >= 0.6 is 11.3 Å². The molecule has 0 aliphatic carbocycles. The predicted octanol–water partition coefficient (Wildman–Crippen LogP) is 4.70. The zero-order chi connectivity index (χ0) is 20.5. The molecule has 0 fully saturated rings. The van der Waals surface area contributed by atoms with Crippen LogP contribution in [-0.4, -0.2) is 25.7 Å². The van der Waals surface area contributed by atoms with E-state index in [1.165, 1.54) is 16.9 Å². The van der Waals surface area contributed by atoms with Gasteiger partial charge in [-0.1, -0.05) is 43.4 Å². The van der Waals surface area contributed by atoms with E-state index in [4.69, 9.17) is 4.98 Å². The molecule has 148 valence electrons. The quantitative estimate of drug-likeness (QED) is 0.483. The molecule has 1 amide bonds. The van der Waals surface area contributed by atoms with Crippen LogP contribution in [0.3, 0.4) is 0 Å². The topological polar surface area (TPSA) is 63.9 Å². The molecular formula is C22H23N5OS. The normalized spacial score (nSPS) is 11.3. The number of thiazole rings is 1. The Labute approximate surface area is 173 Å². The molecule has 0 saturated heterocycles. The molecule has 0 aliphatic rings. The highest BCUT2D eigenvalue weighted by atomic mass is 32.1. The van der Waals surface area contributed by atoms with E-state index in [1.54, 1.807) is 35.2 Å². The van der Waals surface area contributed by atoms with E-state index >= 15 is 0 Å². The Balaban J connectivity index is 1.83. The summed E-state index contributed by atoms with van der Waals surface area (Å²) in [5.74, 6) is 0.243. The molecule has 3 aromatic heterocycles. The summed E-state index contributed by atoms with van der Waals surface area (Å²) in [7, 11) is 1.79. The van der Waals surface area contributed by atoms with Crippen LogP contribution in [0.4, 0.5) is 5.13 Å². The largest absolute Gasteiger partial charge is 0.278 e. The fraction of sp³-hybridized carbons (Fsp3) is 0.273. The van der Waals surface area contributed by atoms with Gasteiger partial charge in [-0.05, 0) is 41.7 Å². The first-order valence-electron chi connectivity index (χ1n) is 9.54. The molecule has 0 unspecified atom stereocenters. The summed E-state index contributed by atoms with van der Waals surface area (Å²) in [6.07, 6.45) is 5.22. The number of anilines is 1. The molecule has 0 bridgehead atoms. The predicted molar refractivity (Wildman–Crippen MR) is 116 cm³/mol. The lowest BCUT2D eigenvalue weighted by Gasteiger charge is -2.20. The molecular weight excluding hydrogens is 382 g/mol. The first kappa shape index (κ1) is 19.3. The molecule has 0 spiro atoms. The molecule has 0 atom stereocenters. The van der Waals surface area contributed by atoms with E-state index in [-0.39, 0.29) is 5.91 Å². The molecule has 1 aromatic carbocycles. The highest BCUT2D eigenvalue weighted by Crippen LogP contribution is 2.34. The third-order valence-electron chi connectivity index (χ3n) is 4.92. The summed E-state index contributed by atoms with van der Waals surface area (Å²) in [6.45, 7) is 6.61. The zero-order valence-electron chi connectivity index (χ0n) is 17.0. The summed E-state index contributed by atoms with van der Waals surface area (Å²) in [6, 6.07) is 10.1. The van der Waals surface area contributed by atoms with Gasteiger partial charge >= 0.3 is 0 Å². The summed E-state index contributed by atoms with van der Waals surface area (Å²) in [4.78, 5) is 24.4. The second kappa shape index (κ2) is 7.75. The molecule has 0 aliphatic heterocycles. The minimum Gasteiger partial charge on any atom is -0.278 e. The minimum absolute atomic E-state index is 0.114. The van der Waals surface area contributed by atoms with E-state index in [1.807, 2.05) is 19.1 Å². The maximum Gasteiger partial charge on any atom is 0.278 e. The number of hydrogen-bond donors (Lipinski definition) is 0. The number of carbonyl (C=O) groups excluding carboxylic acids is 1. The Morgan fingerprint density at radius 2 is 2.03 bits per heavy atom. The van der Waals surface area contributed by atoms with Crippen LogP contribution in [0.2, 0.25) is 0 Å². The second-order valence-corrected chi connectivity index (χ2v) is 8.41. The standard InChI is InChI=1S/C22H23N5OS/c1-14(2)17-8-5-9-18-19(17)25-22(29-18)27(13-16-7-6-10-23-12-16)21(28)20-15(3)11-24-26(20)4/h5-12,14H,13H2,1-4H3. The van der Waals surface area contributed by atoms with Gasteiger partial charge in [0.2, 0.25) is 0 Å². The van der Waals surface area contributed by atoms with Crippen LogP contribution in [0, 0.1) is 6.92 Å². The Bertz CT molecular complexity index is 1140. The van der Waals surface area contributed by atoms with Crippen molar-refractivity contribution in [1.82, 2.24) is 19.7 Å². The number of aromatic nitrogens is 4. The van der Waals surface area contributed by atoms with Gasteiger partial charge in [0.15, 0.2) is 5.13 Å². The van der Waals surface area contributed by atoms with Gasteiger partial charge < -0.3 is 0 Å². The maximum atomic E-state index is 13.6. The van der Waals surface area contributed by atoms with Crippen LogP contribution in [0.15, 0.2) is 48.9 Å². The fourth-order valence-electron chi connectivity index (χ4n) is 3.42. The second-order valence-electron chi connectivity index (χ2n) is 7.40. The summed E-state index contributed by atoms with van der Waals surface area (Å²) in [5.41, 5.74) is 4.52. The van der Waals surface area contributed by atoms with Gasteiger partial charge in [0.25, 0.3) is 5.91 Å². The van der Waals surface area contributed by atoms with Crippen molar-refractivity contribution in [1.29, 1.82) is 0 Å². The van der Waals surface area contributed by atoms with Crippen molar-refractivity contribution in [3.05, 3.63) is 71.3 Å². The van der Waals surface area contributed by atoms with E-state index in [9.17, 15) is 4.79 Å². The number of carbonyl (C=O) groups is 1. The monoisotopic (exact) mass is 405 g/mol. The molecule has 3 heterocycles. The number of pyridine rings is 1. The lowest BCUT2D eigenvalue weighted by atomic mass is 10.0. The Morgan fingerprint density at radius 1 is 1.21 bits per heavy atom. The highest BCUT2D eigenvalue weighted by Gasteiger charge is 2.26. The van der Waals surface area contributed by atoms with E-state index in [0.717, 1.165) is 21.3 Å². The first-order chi connectivity index (χ1) is 14.0. The highest BCUT2D eigenvalue weighted by molar-refractivity contribution is 7.22. The van der Waals surface area contributed by atoms with Crippen LogP contribution < -0.4 is 4.90 Å². The lowest BCUT2D eigenvalue weighted by Crippen LogP contribution is -2.32. The van der Waals surface area contributed by atoms with E-state index in [0.29, 0.717) is 23.3 Å². The SMILES string of the molecule is Cc1cnn(C)c1C(=O)N(Cc1cccnc1)c1nc2c(C(C)C)cccc2s1. The van der Waals surface area contributed by atoms with Crippen molar-refractivity contribution in [3.8, 4) is 0 Å². The van der Waals surface area contributed by atoms with Gasteiger partial charge in [-0.15, -0.1) is 0 Å². The molecule has 7 heteroatoms.